The van der Waals surface area contributed by atoms with E-state index in [0.29, 0.717) is 24.4 Å². The Bertz CT molecular complexity index is 371. The molecule has 0 aliphatic rings. The summed E-state index contributed by atoms with van der Waals surface area (Å²) >= 11 is 0. The van der Waals surface area contributed by atoms with Crippen LogP contribution >= 0.6 is 0 Å². The zero-order valence-electron chi connectivity index (χ0n) is 9.80. The Labute approximate surface area is 100 Å². The van der Waals surface area contributed by atoms with Crippen LogP contribution in [0.3, 0.4) is 0 Å². The van der Waals surface area contributed by atoms with E-state index < -0.39 is 0 Å². The Kier molecular flexibility index (Phi) is 5.38. The van der Waals surface area contributed by atoms with Gasteiger partial charge in [-0.1, -0.05) is 0 Å². The fourth-order valence-corrected chi connectivity index (χ4v) is 1.39. The maximum absolute atomic E-state index is 12.1. The zero-order chi connectivity index (χ0) is 12.7. The molecule has 3 N–H and O–H groups in total. The third kappa shape index (κ3) is 3.69. The molecule has 6 nitrogen and oxygen atoms in total. The summed E-state index contributed by atoms with van der Waals surface area (Å²) in [6, 6.07) is 1.57. The molecule has 0 saturated carbocycles. The third-order valence-corrected chi connectivity index (χ3v) is 2.31. The Hall–Kier alpha value is -1.66. The summed E-state index contributed by atoms with van der Waals surface area (Å²) in [6.45, 7) is 0.961. The monoisotopic (exact) mass is 239 g/mol. The van der Waals surface area contributed by atoms with Crippen molar-refractivity contribution in [2.24, 2.45) is 0 Å². The standard InChI is InChI=1S/C11H17N3O3/c1-17-7-5-14(4-6-15)11(16)9-8-13-3-2-10(9)12/h2-3,8,15H,4-7H2,1H3,(H2,12,13). The van der Waals surface area contributed by atoms with Crippen molar-refractivity contribution in [2.45, 2.75) is 0 Å². The molecule has 0 saturated heterocycles. The summed E-state index contributed by atoms with van der Waals surface area (Å²) in [5, 5.41) is 8.92. The predicted octanol–water partition coefficient (Wildman–Crippen LogP) is -0.255. The highest BCUT2D eigenvalue weighted by molar-refractivity contribution is 5.98. The van der Waals surface area contributed by atoms with Crippen molar-refractivity contribution in [1.29, 1.82) is 0 Å². The number of nitrogen functional groups attached to an aromatic ring is 1. The summed E-state index contributed by atoms with van der Waals surface area (Å²) in [5.41, 5.74) is 6.43. The number of nitrogens with two attached hydrogens (primary N) is 1. The average molecular weight is 239 g/mol. The molecule has 17 heavy (non-hydrogen) atoms. The number of hydrogen-bond donors (Lipinski definition) is 2. The van der Waals surface area contributed by atoms with Crippen molar-refractivity contribution in [1.82, 2.24) is 9.88 Å². The average Bonchev–Trinajstić information content (AvgIpc) is 2.34. The topological polar surface area (TPSA) is 88.7 Å². The van der Waals surface area contributed by atoms with E-state index in [0.717, 1.165) is 0 Å². The molecule has 1 aromatic heterocycles. The molecule has 0 aliphatic carbocycles. The number of anilines is 1. The van der Waals surface area contributed by atoms with Gasteiger partial charge in [-0.25, -0.2) is 0 Å². The highest BCUT2D eigenvalue weighted by atomic mass is 16.5. The molecule has 1 aromatic rings. The number of aliphatic hydroxyl groups is 1. The quantitative estimate of drug-likeness (QED) is 0.714. The number of hydrogen-bond acceptors (Lipinski definition) is 5. The maximum Gasteiger partial charge on any atom is 0.257 e. The predicted molar refractivity (Wildman–Crippen MR) is 63.5 cm³/mol. The first-order valence-corrected chi connectivity index (χ1v) is 5.29. The molecular formula is C11H17N3O3. The van der Waals surface area contributed by atoms with E-state index in [4.69, 9.17) is 15.6 Å². The number of methoxy groups -OCH3 is 1. The van der Waals surface area contributed by atoms with Gasteiger partial charge in [-0.05, 0) is 6.07 Å². The fraction of sp³-hybridized carbons (Fsp3) is 0.455. The lowest BCUT2D eigenvalue weighted by Crippen LogP contribution is -2.36. The summed E-state index contributed by atoms with van der Waals surface area (Å²) < 4.78 is 4.91. The van der Waals surface area contributed by atoms with Crippen LogP contribution in [0.5, 0.6) is 0 Å². The smallest absolute Gasteiger partial charge is 0.257 e. The van der Waals surface area contributed by atoms with Crippen LogP contribution in [-0.4, -0.2) is 54.3 Å². The van der Waals surface area contributed by atoms with Crippen LogP contribution in [0.15, 0.2) is 18.5 Å². The van der Waals surface area contributed by atoms with Crippen molar-refractivity contribution in [3.05, 3.63) is 24.0 Å². The minimum Gasteiger partial charge on any atom is -0.398 e. The molecule has 1 heterocycles. The Morgan fingerprint density at radius 1 is 1.59 bits per heavy atom. The van der Waals surface area contributed by atoms with Gasteiger partial charge in [0.25, 0.3) is 5.91 Å². The molecule has 0 unspecified atom stereocenters. The van der Waals surface area contributed by atoms with Gasteiger partial charge >= 0.3 is 0 Å². The number of amides is 1. The lowest BCUT2D eigenvalue weighted by Gasteiger charge is -2.21. The molecule has 0 aromatic carbocycles. The summed E-state index contributed by atoms with van der Waals surface area (Å²) in [4.78, 5) is 17.5. The van der Waals surface area contributed by atoms with Crippen LogP contribution in [0, 0.1) is 0 Å². The molecule has 0 spiro atoms. The van der Waals surface area contributed by atoms with Gasteiger partial charge in [0.2, 0.25) is 0 Å². The van der Waals surface area contributed by atoms with Crippen LogP contribution in [0.4, 0.5) is 5.69 Å². The Morgan fingerprint density at radius 2 is 2.35 bits per heavy atom. The van der Waals surface area contributed by atoms with Gasteiger partial charge in [-0.2, -0.15) is 0 Å². The number of ether oxygens (including phenoxy) is 1. The van der Waals surface area contributed by atoms with Gasteiger partial charge < -0.3 is 20.5 Å². The number of carbonyl (C=O) groups excluding carboxylic acids is 1. The number of aliphatic hydroxyl groups excluding tert-OH is 1. The molecule has 0 fully saturated rings. The third-order valence-electron chi connectivity index (χ3n) is 2.31. The van der Waals surface area contributed by atoms with Crippen molar-refractivity contribution in [2.75, 3.05) is 39.1 Å². The molecular weight excluding hydrogens is 222 g/mol. The first kappa shape index (κ1) is 13.4. The van der Waals surface area contributed by atoms with Gasteiger partial charge in [0.05, 0.1) is 18.8 Å². The largest absolute Gasteiger partial charge is 0.398 e. The molecule has 94 valence electrons. The molecule has 1 rings (SSSR count). The Morgan fingerprint density at radius 3 is 2.94 bits per heavy atom. The molecule has 1 amide bonds. The van der Waals surface area contributed by atoms with Crippen LogP contribution in [-0.2, 0) is 4.74 Å². The number of carbonyl (C=O) groups is 1. The summed E-state index contributed by atoms with van der Waals surface area (Å²) in [5.74, 6) is -0.248. The summed E-state index contributed by atoms with van der Waals surface area (Å²) in [7, 11) is 1.56. The first-order chi connectivity index (χ1) is 8.20. The minimum atomic E-state index is -0.248. The van der Waals surface area contributed by atoms with Crippen LogP contribution in [0.1, 0.15) is 10.4 Å². The normalized spacial score (nSPS) is 10.2. The lowest BCUT2D eigenvalue weighted by molar-refractivity contribution is 0.0657. The number of nitrogens with zero attached hydrogens (tertiary/aromatic N) is 2. The molecule has 0 aliphatic heterocycles. The fourth-order valence-electron chi connectivity index (χ4n) is 1.39. The van der Waals surface area contributed by atoms with E-state index in [1.165, 1.54) is 17.3 Å². The van der Waals surface area contributed by atoms with Crippen molar-refractivity contribution in [3.63, 3.8) is 0 Å². The van der Waals surface area contributed by atoms with E-state index in [9.17, 15) is 4.79 Å². The van der Waals surface area contributed by atoms with Crippen LogP contribution in [0.2, 0.25) is 0 Å². The van der Waals surface area contributed by atoms with Crippen molar-refractivity contribution < 1.29 is 14.6 Å². The number of aromatic nitrogens is 1. The molecule has 0 radical (unpaired) electrons. The van der Waals surface area contributed by atoms with E-state index in [1.54, 1.807) is 13.2 Å². The molecule has 0 atom stereocenters. The van der Waals surface area contributed by atoms with E-state index in [-0.39, 0.29) is 19.1 Å². The maximum atomic E-state index is 12.1. The second kappa shape index (κ2) is 6.82. The molecule has 0 bridgehead atoms. The van der Waals surface area contributed by atoms with Crippen molar-refractivity contribution in [3.8, 4) is 0 Å². The Balaban J connectivity index is 2.80. The van der Waals surface area contributed by atoms with E-state index in [1.807, 2.05) is 0 Å². The van der Waals surface area contributed by atoms with Gasteiger partial charge in [0.1, 0.15) is 0 Å². The highest BCUT2D eigenvalue weighted by Crippen LogP contribution is 2.11. The highest BCUT2D eigenvalue weighted by Gasteiger charge is 2.17. The van der Waals surface area contributed by atoms with Gasteiger partial charge in [-0.3, -0.25) is 9.78 Å². The van der Waals surface area contributed by atoms with E-state index in [2.05, 4.69) is 4.98 Å². The first-order valence-electron chi connectivity index (χ1n) is 5.29. The minimum absolute atomic E-state index is 0.102. The van der Waals surface area contributed by atoms with Gasteiger partial charge in [0.15, 0.2) is 0 Å². The number of rotatable bonds is 6. The van der Waals surface area contributed by atoms with Crippen LogP contribution < -0.4 is 5.73 Å². The zero-order valence-corrected chi connectivity index (χ0v) is 9.80. The second-order valence-electron chi connectivity index (χ2n) is 3.47. The number of pyridine rings is 1. The lowest BCUT2D eigenvalue weighted by atomic mass is 10.2. The van der Waals surface area contributed by atoms with E-state index >= 15 is 0 Å². The van der Waals surface area contributed by atoms with Crippen molar-refractivity contribution >= 4 is 11.6 Å². The molecule has 6 heteroatoms. The van der Waals surface area contributed by atoms with Gasteiger partial charge in [-0.15, -0.1) is 0 Å². The van der Waals surface area contributed by atoms with Crippen LogP contribution in [0.25, 0.3) is 0 Å². The second-order valence-corrected chi connectivity index (χ2v) is 3.47. The summed E-state index contributed by atoms with van der Waals surface area (Å²) in [6.07, 6.45) is 2.95. The SMILES string of the molecule is COCCN(CCO)C(=O)c1cnccc1N. The van der Waals surface area contributed by atoms with Gasteiger partial charge in [0, 0.05) is 38.3 Å².